The molecular formula is C22H21N7O. The summed E-state index contributed by atoms with van der Waals surface area (Å²) in [5.41, 5.74) is 3.08. The van der Waals surface area contributed by atoms with Crippen LogP contribution in [0.5, 0.6) is 0 Å². The molecule has 1 aromatic carbocycles. The van der Waals surface area contributed by atoms with Crippen LogP contribution in [0.2, 0.25) is 0 Å². The van der Waals surface area contributed by atoms with E-state index in [0.29, 0.717) is 18.4 Å². The number of aromatic nitrogens is 5. The molecule has 30 heavy (non-hydrogen) atoms. The van der Waals surface area contributed by atoms with Crippen molar-refractivity contribution in [2.45, 2.75) is 12.6 Å². The summed E-state index contributed by atoms with van der Waals surface area (Å²) in [6, 6.07) is 12.2. The second-order valence-corrected chi connectivity index (χ2v) is 7.11. The Labute approximate surface area is 174 Å². The Balaban J connectivity index is 1.31. The van der Waals surface area contributed by atoms with E-state index in [0.717, 1.165) is 30.8 Å². The lowest BCUT2D eigenvalue weighted by Gasteiger charge is -2.32. The van der Waals surface area contributed by atoms with Gasteiger partial charge in [-0.2, -0.15) is 0 Å². The van der Waals surface area contributed by atoms with Gasteiger partial charge in [0.2, 0.25) is 5.95 Å². The average molecular weight is 399 g/mol. The van der Waals surface area contributed by atoms with Gasteiger partial charge in [-0.15, -0.1) is 0 Å². The fraction of sp³-hybridized carbons (Fsp3) is 0.227. The Hall–Kier alpha value is -3.49. The standard InChI is InChI=1S/C22H21N7O/c1-4-16(17-5-2-7-24-18(17)6-1)14-29-10-11-30-20(15-29)19-12-23-13-21(27-19)28-22-25-8-3-9-26-22/h1-9,12-13,20H,10-11,14-15H2,(H,25,26,27,28)/t20-/m1/s1. The van der Waals surface area contributed by atoms with Gasteiger partial charge in [-0.25, -0.2) is 15.0 Å². The summed E-state index contributed by atoms with van der Waals surface area (Å²) in [6.07, 6.45) is 8.46. The number of nitrogens with one attached hydrogen (secondary N) is 1. The first-order chi connectivity index (χ1) is 14.8. The van der Waals surface area contributed by atoms with Gasteiger partial charge in [0.15, 0.2) is 5.82 Å². The first kappa shape index (κ1) is 18.5. The van der Waals surface area contributed by atoms with E-state index in [9.17, 15) is 0 Å². The normalized spacial score (nSPS) is 17.1. The van der Waals surface area contributed by atoms with Crippen LogP contribution in [0.3, 0.4) is 0 Å². The molecule has 0 aliphatic carbocycles. The summed E-state index contributed by atoms with van der Waals surface area (Å²) in [5, 5.41) is 4.27. The molecule has 4 heterocycles. The molecular weight excluding hydrogens is 378 g/mol. The van der Waals surface area contributed by atoms with Crippen molar-refractivity contribution < 1.29 is 4.74 Å². The van der Waals surface area contributed by atoms with Crippen molar-refractivity contribution in [3.8, 4) is 0 Å². The number of morpholine rings is 1. The zero-order chi connectivity index (χ0) is 20.2. The van der Waals surface area contributed by atoms with Gasteiger partial charge in [0.25, 0.3) is 0 Å². The molecule has 0 spiro atoms. The van der Waals surface area contributed by atoms with Crippen molar-refractivity contribution >= 4 is 22.7 Å². The van der Waals surface area contributed by atoms with E-state index in [1.54, 1.807) is 30.9 Å². The molecule has 1 fully saturated rings. The number of benzene rings is 1. The summed E-state index contributed by atoms with van der Waals surface area (Å²) < 4.78 is 6.01. The first-order valence-electron chi connectivity index (χ1n) is 9.88. The highest BCUT2D eigenvalue weighted by atomic mass is 16.5. The molecule has 3 aromatic heterocycles. The maximum Gasteiger partial charge on any atom is 0.228 e. The van der Waals surface area contributed by atoms with Gasteiger partial charge in [0, 0.05) is 43.6 Å². The molecule has 4 aromatic rings. The predicted molar refractivity (Wildman–Crippen MR) is 113 cm³/mol. The number of hydrogen-bond donors (Lipinski definition) is 1. The van der Waals surface area contributed by atoms with Crippen LogP contribution in [0.1, 0.15) is 17.4 Å². The maximum atomic E-state index is 6.01. The summed E-state index contributed by atoms with van der Waals surface area (Å²) in [6.45, 7) is 3.11. The maximum absolute atomic E-state index is 6.01. The number of nitrogens with zero attached hydrogens (tertiary/aromatic N) is 6. The molecule has 8 nitrogen and oxygen atoms in total. The quantitative estimate of drug-likeness (QED) is 0.548. The summed E-state index contributed by atoms with van der Waals surface area (Å²) in [4.78, 5) is 24.2. The highest BCUT2D eigenvalue weighted by Gasteiger charge is 2.24. The zero-order valence-corrected chi connectivity index (χ0v) is 16.3. The molecule has 0 unspecified atom stereocenters. The highest BCUT2D eigenvalue weighted by molar-refractivity contribution is 5.81. The zero-order valence-electron chi connectivity index (χ0n) is 16.3. The van der Waals surface area contributed by atoms with Gasteiger partial charge >= 0.3 is 0 Å². The van der Waals surface area contributed by atoms with Crippen molar-refractivity contribution in [1.82, 2.24) is 29.8 Å². The Morgan fingerprint density at radius 2 is 1.90 bits per heavy atom. The van der Waals surface area contributed by atoms with Crippen LogP contribution >= 0.6 is 0 Å². The third-order valence-corrected chi connectivity index (χ3v) is 5.07. The van der Waals surface area contributed by atoms with Crippen molar-refractivity contribution in [2.24, 2.45) is 0 Å². The fourth-order valence-electron chi connectivity index (χ4n) is 3.65. The molecule has 0 amide bonds. The average Bonchev–Trinajstić information content (AvgIpc) is 2.80. The molecule has 150 valence electrons. The Bertz CT molecular complexity index is 1130. The molecule has 1 saturated heterocycles. The predicted octanol–water partition coefficient (Wildman–Crippen LogP) is 3.13. The van der Waals surface area contributed by atoms with Crippen molar-refractivity contribution in [3.05, 3.63) is 78.6 Å². The van der Waals surface area contributed by atoms with Gasteiger partial charge in [0.05, 0.1) is 30.2 Å². The minimum atomic E-state index is -0.141. The molecule has 1 atom stereocenters. The third kappa shape index (κ3) is 4.10. The van der Waals surface area contributed by atoms with Gasteiger partial charge in [-0.1, -0.05) is 18.2 Å². The summed E-state index contributed by atoms with van der Waals surface area (Å²) in [7, 11) is 0. The largest absolute Gasteiger partial charge is 0.369 e. The monoisotopic (exact) mass is 399 g/mol. The second kappa shape index (κ2) is 8.48. The smallest absolute Gasteiger partial charge is 0.228 e. The molecule has 1 N–H and O–H groups in total. The second-order valence-electron chi connectivity index (χ2n) is 7.11. The molecule has 0 bridgehead atoms. The minimum absolute atomic E-state index is 0.141. The summed E-state index contributed by atoms with van der Waals surface area (Å²) >= 11 is 0. The van der Waals surface area contributed by atoms with Gasteiger partial charge in [-0.05, 0) is 23.8 Å². The van der Waals surface area contributed by atoms with E-state index < -0.39 is 0 Å². The number of fused-ring (bicyclic) bond motifs is 1. The minimum Gasteiger partial charge on any atom is -0.369 e. The molecule has 1 aliphatic heterocycles. The van der Waals surface area contributed by atoms with E-state index >= 15 is 0 Å². The first-order valence-corrected chi connectivity index (χ1v) is 9.88. The van der Waals surface area contributed by atoms with Crippen LogP contribution in [0.25, 0.3) is 10.9 Å². The SMILES string of the molecule is c1cnc(Nc2cncc([C@H]3CN(Cc4cccc5ncccc45)CCO3)n2)nc1. The number of anilines is 2. The molecule has 0 radical (unpaired) electrons. The number of ether oxygens (including phenoxy) is 1. The number of pyridine rings is 1. The lowest BCUT2D eigenvalue weighted by Crippen LogP contribution is -2.38. The van der Waals surface area contributed by atoms with E-state index in [1.807, 2.05) is 18.3 Å². The van der Waals surface area contributed by atoms with Gasteiger partial charge < -0.3 is 10.1 Å². The van der Waals surface area contributed by atoms with Crippen LogP contribution in [0.15, 0.2) is 67.4 Å². The van der Waals surface area contributed by atoms with Crippen LogP contribution < -0.4 is 5.32 Å². The highest BCUT2D eigenvalue weighted by Crippen LogP contribution is 2.24. The van der Waals surface area contributed by atoms with E-state index in [4.69, 9.17) is 4.74 Å². The molecule has 8 heteroatoms. The molecule has 0 saturated carbocycles. The van der Waals surface area contributed by atoms with E-state index in [1.165, 1.54) is 10.9 Å². The van der Waals surface area contributed by atoms with E-state index in [-0.39, 0.29) is 6.10 Å². The topological polar surface area (TPSA) is 89.0 Å². The lowest BCUT2D eigenvalue weighted by atomic mass is 10.1. The van der Waals surface area contributed by atoms with Crippen molar-refractivity contribution in [3.63, 3.8) is 0 Å². The van der Waals surface area contributed by atoms with E-state index in [2.05, 4.69) is 53.3 Å². The van der Waals surface area contributed by atoms with Crippen LogP contribution in [0.4, 0.5) is 11.8 Å². The van der Waals surface area contributed by atoms with Crippen LogP contribution in [0, 0.1) is 0 Å². The number of rotatable bonds is 5. The van der Waals surface area contributed by atoms with Crippen LogP contribution in [-0.2, 0) is 11.3 Å². The lowest BCUT2D eigenvalue weighted by molar-refractivity contribution is -0.0349. The van der Waals surface area contributed by atoms with Gasteiger partial charge in [-0.3, -0.25) is 14.9 Å². The van der Waals surface area contributed by atoms with Crippen molar-refractivity contribution in [1.29, 1.82) is 0 Å². The third-order valence-electron chi connectivity index (χ3n) is 5.07. The number of hydrogen-bond acceptors (Lipinski definition) is 8. The Morgan fingerprint density at radius 3 is 2.83 bits per heavy atom. The van der Waals surface area contributed by atoms with Gasteiger partial charge in [0.1, 0.15) is 6.10 Å². The summed E-state index contributed by atoms with van der Waals surface area (Å²) in [5.74, 6) is 1.08. The fourth-order valence-corrected chi connectivity index (χ4v) is 3.65. The molecule has 1 aliphatic rings. The Morgan fingerprint density at radius 1 is 1.00 bits per heavy atom. The Kier molecular flexibility index (Phi) is 5.24. The van der Waals surface area contributed by atoms with Crippen LogP contribution in [-0.4, -0.2) is 49.5 Å². The van der Waals surface area contributed by atoms with Crippen molar-refractivity contribution in [2.75, 3.05) is 25.0 Å². The molecule has 5 rings (SSSR count).